The van der Waals surface area contributed by atoms with E-state index in [-0.39, 0.29) is 0 Å². The lowest BCUT2D eigenvalue weighted by Crippen LogP contribution is -2.00. The Morgan fingerprint density at radius 1 is 0.281 bits per heavy atom. The summed E-state index contributed by atoms with van der Waals surface area (Å²) >= 11 is 0. The summed E-state index contributed by atoms with van der Waals surface area (Å²) in [6, 6.07) is 69.9. The van der Waals surface area contributed by atoms with Crippen LogP contribution >= 0.6 is 0 Å². The molecule has 4 nitrogen and oxygen atoms in total. The van der Waals surface area contributed by atoms with Crippen molar-refractivity contribution in [1.82, 2.24) is 15.0 Å². The topological polar surface area (TPSA) is 51.8 Å². The molecular weight excluding hydrogens is 695 g/mol. The van der Waals surface area contributed by atoms with Gasteiger partial charge in [-0.05, 0) is 85.3 Å². The van der Waals surface area contributed by atoms with Crippen LogP contribution in [-0.2, 0) is 0 Å². The Morgan fingerprint density at radius 2 is 0.860 bits per heavy atom. The average molecular weight is 728 g/mol. The number of benzene rings is 9. The van der Waals surface area contributed by atoms with Crippen LogP contribution in [-0.4, -0.2) is 15.0 Å². The molecule has 11 aromatic rings. The molecule has 2 heterocycles. The molecule has 0 aliphatic heterocycles. The fraction of sp³-hybridized carbons (Fsp3) is 0. The molecule has 0 saturated carbocycles. The number of furan rings is 1. The summed E-state index contributed by atoms with van der Waals surface area (Å²) in [6.45, 7) is 0. The third kappa shape index (κ3) is 5.83. The number of nitrogens with zero attached hydrogens (tertiary/aromatic N) is 3. The van der Waals surface area contributed by atoms with Gasteiger partial charge in [0.15, 0.2) is 17.5 Å². The third-order valence-corrected chi connectivity index (χ3v) is 11.0. The summed E-state index contributed by atoms with van der Waals surface area (Å²) in [5.74, 6) is 1.82. The molecule has 4 heteroatoms. The van der Waals surface area contributed by atoms with Crippen molar-refractivity contribution in [3.05, 3.63) is 200 Å². The standard InChI is InChI=1S/C53H33N3O/c1-3-13-36(14-4-1)42-30-31-46(45-19-10-9-18-44(42)45)53-55-51(38-15-5-2-6-16-38)54-52(56-53)41-28-29-47-49(33-41)57-48-21-11-20-43(50(47)48)37-25-22-35(23-26-37)40-27-24-34-12-7-8-17-39(34)32-40/h1-33H. The SMILES string of the molecule is c1ccc(-c2nc(-c3ccc4c(c3)oc3cccc(-c5ccc(-c6ccc7ccccc7c6)cc5)c34)nc(-c3ccc(-c4ccccc4)c4ccccc34)n2)cc1. The van der Waals surface area contributed by atoms with Crippen LogP contribution < -0.4 is 0 Å². The van der Waals surface area contributed by atoms with Gasteiger partial charge in [0.2, 0.25) is 0 Å². The summed E-state index contributed by atoms with van der Waals surface area (Å²) in [6.07, 6.45) is 0. The Bertz CT molecular complexity index is 3280. The average Bonchev–Trinajstić information content (AvgIpc) is 3.67. The van der Waals surface area contributed by atoms with Crippen molar-refractivity contribution in [1.29, 1.82) is 0 Å². The highest BCUT2D eigenvalue weighted by molar-refractivity contribution is 6.13. The molecule has 0 amide bonds. The van der Waals surface area contributed by atoms with E-state index in [1.807, 2.05) is 42.5 Å². The maximum absolute atomic E-state index is 6.58. The van der Waals surface area contributed by atoms with Gasteiger partial charge >= 0.3 is 0 Å². The lowest BCUT2D eigenvalue weighted by Gasteiger charge is -2.13. The monoisotopic (exact) mass is 727 g/mol. The second-order valence-electron chi connectivity index (χ2n) is 14.4. The van der Waals surface area contributed by atoms with E-state index < -0.39 is 0 Å². The van der Waals surface area contributed by atoms with Crippen LogP contribution in [0.4, 0.5) is 0 Å². The number of hydrogen-bond donors (Lipinski definition) is 0. The highest BCUT2D eigenvalue weighted by Crippen LogP contribution is 2.40. The van der Waals surface area contributed by atoms with E-state index >= 15 is 0 Å². The van der Waals surface area contributed by atoms with Crippen molar-refractivity contribution in [2.75, 3.05) is 0 Å². The Labute approximate surface area is 329 Å². The fourth-order valence-electron chi connectivity index (χ4n) is 8.12. The summed E-state index contributed by atoms with van der Waals surface area (Å²) in [5, 5.41) is 6.85. The lowest BCUT2D eigenvalue weighted by atomic mass is 9.94. The largest absolute Gasteiger partial charge is 0.456 e. The molecule has 0 bridgehead atoms. The molecule has 57 heavy (non-hydrogen) atoms. The van der Waals surface area contributed by atoms with Crippen molar-refractivity contribution < 1.29 is 4.42 Å². The van der Waals surface area contributed by atoms with E-state index in [2.05, 4.69) is 158 Å². The fourth-order valence-corrected chi connectivity index (χ4v) is 8.12. The van der Waals surface area contributed by atoms with Crippen molar-refractivity contribution in [2.24, 2.45) is 0 Å². The molecule has 2 aromatic heterocycles. The number of hydrogen-bond acceptors (Lipinski definition) is 4. The van der Waals surface area contributed by atoms with E-state index in [4.69, 9.17) is 19.4 Å². The van der Waals surface area contributed by atoms with Crippen LogP contribution in [0.3, 0.4) is 0 Å². The summed E-state index contributed by atoms with van der Waals surface area (Å²) in [5.41, 5.74) is 11.3. The van der Waals surface area contributed by atoms with Crippen LogP contribution in [0.15, 0.2) is 205 Å². The van der Waals surface area contributed by atoms with Gasteiger partial charge < -0.3 is 4.42 Å². The van der Waals surface area contributed by atoms with Gasteiger partial charge in [-0.25, -0.2) is 15.0 Å². The van der Waals surface area contributed by atoms with Crippen LogP contribution in [0.5, 0.6) is 0 Å². The van der Waals surface area contributed by atoms with Gasteiger partial charge in [-0.3, -0.25) is 0 Å². The maximum atomic E-state index is 6.58. The van der Waals surface area contributed by atoms with E-state index in [9.17, 15) is 0 Å². The highest BCUT2D eigenvalue weighted by Gasteiger charge is 2.18. The minimum Gasteiger partial charge on any atom is -0.456 e. The van der Waals surface area contributed by atoms with Crippen LogP contribution in [0.1, 0.15) is 0 Å². The summed E-state index contributed by atoms with van der Waals surface area (Å²) in [7, 11) is 0. The van der Waals surface area contributed by atoms with Crippen LogP contribution in [0.25, 0.3) is 111 Å². The Kier molecular flexibility index (Phi) is 7.78. The maximum Gasteiger partial charge on any atom is 0.164 e. The molecule has 0 saturated heterocycles. The van der Waals surface area contributed by atoms with Crippen LogP contribution in [0.2, 0.25) is 0 Å². The first-order chi connectivity index (χ1) is 28.2. The molecule has 0 fully saturated rings. The normalized spacial score (nSPS) is 11.5. The van der Waals surface area contributed by atoms with Crippen molar-refractivity contribution in [3.63, 3.8) is 0 Å². The van der Waals surface area contributed by atoms with Crippen molar-refractivity contribution in [3.8, 4) is 67.5 Å². The van der Waals surface area contributed by atoms with E-state index in [1.54, 1.807) is 0 Å². The molecule has 266 valence electrons. The molecule has 0 aliphatic carbocycles. The second-order valence-corrected chi connectivity index (χ2v) is 14.4. The van der Waals surface area contributed by atoms with Crippen molar-refractivity contribution >= 4 is 43.5 Å². The molecule has 0 atom stereocenters. The van der Waals surface area contributed by atoms with E-state index in [0.717, 1.165) is 60.5 Å². The van der Waals surface area contributed by atoms with Gasteiger partial charge in [-0.15, -0.1) is 0 Å². The third-order valence-electron chi connectivity index (χ3n) is 11.0. The predicted molar refractivity (Wildman–Crippen MR) is 235 cm³/mol. The first-order valence-electron chi connectivity index (χ1n) is 19.2. The Hall–Kier alpha value is -7.69. The Morgan fingerprint density at radius 3 is 1.65 bits per heavy atom. The van der Waals surface area contributed by atoms with Gasteiger partial charge in [-0.1, -0.05) is 170 Å². The van der Waals surface area contributed by atoms with Gasteiger partial charge in [0.05, 0.1) is 0 Å². The van der Waals surface area contributed by atoms with Crippen LogP contribution in [0, 0.1) is 0 Å². The predicted octanol–water partition coefficient (Wildman–Crippen LogP) is 14.1. The Balaban J connectivity index is 1.01. The first kappa shape index (κ1) is 32.7. The minimum absolute atomic E-state index is 0.585. The van der Waals surface area contributed by atoms with Crippen molar-refractivity contribution in [2.45, 2.75) is 0 Å². The highest BCUT2D eigenvalue weighted by atomic mass is 16.3. The number of aromatic nitrogens is 3. The van der Waals surface area contributed by atoms with Gasteiger partial charge in [0.1, 0.15) is 11.2 Å². The number of rotatable bonds is 6. The quantitative estimate of drug-likeness (QED) is 0.171. The molecule has 0 N–H and O–H groups in total. The van der Waals surface area contributed by atoms with Gasteiger partial charge in [0.25, 0.3) is 0 Å². The first-order valence-corrected chi connectivity index (χ1v) is 19.2. The van der Waals surface area contributed by atoms with E-state index in [0.29, 0.717) is 17.5 Å². The second kappa shape index (κ2) is 13.6. The number of fused-ring (bicyclic) bond motifs is 5. The van der Waals surface area contributed by atoms with Gasteiger partial charge in [0, 0.05) is 27.5 Å². The zero-order chi connectivity index (χ0) is 37.7. The lowest BCUT2D eigenvalue weighted by molar-refractivity contribution is 0.669. The zero-order valence-corrected chi connectivity index (χ0v) is 30.8. The smallest absolute Gasteiger partial charge is 0.164 e. The summed E-state index contributed by atoms with van der Waals surface area (Å²) in [4.78, 5) is 15.3. The molecule has 9 aromatic carbocycles. The molecule has 0 aliphatic rings. The van der Waals surface area contributed by atoms with E-state index in [1.165, 1.54) is 33.0 Å². The molecule has 0 unspecified atom stereocenters. The van der Waals surface area contributed by atoms with Gasteiger partial charge in [-0.2, -0.15) is 0 Å². The molecular formula is C53H33N3O. The molecule has 11 rings (SSSR count). The zero-order valence-electron chi connectivity index (χ0n) is 30.8. The minimum atomic E-state index is 0.585. The summed E-state index contributed by atoms with van der Waals surface area (Å²) < 4.78 is 6.58. The molecule has 0 radical (unpaired) electrons. The molecule has 0 spiro atoms.